The third-order valence-electron chi connectivity index (χ3n) is 6.17. The van der Waals surface area contributed by atoms with E-state index < -0.39 is 108 Å². The molecule has 1 N–H and O–H groups in total. The number of carboxylic acid groups (broad SMARTS) is 1. The smallest absolute Gasteiger partial charge is 0.426 e. The van der Waals surface area contributed by atoms with E-state index in [4.69, 9.17) is 26.9 Å². The Kier molecular flexibility index (Phi) is 9.29. The highest BCUT2D eigenvalue weighted by Crippen LogP contribution is 2.48. The minimum atomic E-state index is -5.69. The number of hydrogen-bond acceptors (Lipinski definition) is 9. The van der Waals surface area contributed by atoms with E-state index in [1.807, 2.05) is 0 Å². The van der Waals surface area contributed by atoms with E-state index in [0.29, 0.717) is 0 Å². The molecule has 0 radical (unpaired) electrons. The number of hydrogen-bond donors (Lipinski definition) is 1. The highest BCUT2D eigenvalue weighted by molar-refractivity contribution is 6.10. The fourth-order valence-corrected chi connectivity index (χ4v) is 4.05. The molecule has 1 aromatic carbocycles. The Hall–Kier alpha value is -4.93. The summed E-state index contributed by atoms with van der Waals surface area (Å²) in [6.07, 6.45) is -22.6. The fraction of sp³-hybridized carbons (Fsp3) is 0.406. The summed E-state index contributed by atoms with van der Waals surface area (Å²) in [7, 11) is 0. The van der Waals surface area contributed by atoms with Crippen LogP contribution >= 0.6 is 0 Å². The van der Waals surface area contributed by atoms with Crippen LogP contribution in [-0.4, -0.2) is 50.3 Å². The molecule has 2 atom stereocenters. The van der Waals surface area contributed by atoms with Crippen molar-refractivity contribution in [3.8, 4) is 17.5 Å². The first-order chi connectivity index (χ1) is 25.0. The van der Waals surface area contributed by atoms with Crippen molar-refractivity contribution in [2.45, 2.75) is 83.1 Å². The lowest BCUT2D eigenvalue weighted by molar-refractivity contribution is -0.299. The van der Waals surface area contributed by atoms with Crippen molar-refractivity contribution in [2.75, 3.05) is 4.90 Å². The van der Waals surface area contributed by atoms with Gasteiger partial charge in [-0.15, -0.1) is 23.4 Å². The fourth-order valence-electron chi connectivity index (χ4n) is 4.05. The molecule has 0 fully saturated rings. The van der Waals surface area contributed by atoms with Crippen LogP contribution in [0.2, 0.25) is 0 Å². The lowest BCUT2D eigenvalue weighted by Crippen LogP contribution is -2.45. The van der Waals surface area contributed by atoms with Gasteiger partial charge in [-0.2, -0.15) is 31.2 Å². The maximum absolute atomic E-state index is 15.1. The van der Waals surface area contributed by atoms with E-state index >= 15 is 13.2 Å². The minimum absolute atomic E-state index is 0.149. The molecule has 0 aliphatic heterocycles. The molecule has 0 saturated heterocycles. The monoisotopic (exact) mass is 706 g/mol. The Balaban J connectivity index is 2.49. The molecule has 2 heterocycles. The zero-order chi connectivity index (χ0) is 42.0. The van der Waals surface area contributed by atoms with Crippen LogP contribution in [0.4, 0.5) is 41.6 Å². The number of aromatic nitrogens is 3. The molecule has 3 rings (SSSR count). The van der Waals surface area contributed by atoms with Crippen LogP contribution < -0.4 is 9.64 Å². The summed E-state index contributed by atoms with van der Waals surface area (Å²) in [6, 6.07) is 7.33. The highest BCUT2D eigenvalue weighted by atomic mass is 19.4. The molecule has 2 aromatic heterocycles. The van der Waals surface area contributed by atoms with Gasteiger partial charge in [0.05, 0.1) is 13.7 Å². The van der Waals surface area contributed by atoms with Gasteiger partial charge < -0.3 is 23.7 Å². The number of anilines is 1. The number of carbonyl (C=O) groups excluding carboxylic acids is 1. The number of pyridine rings is 1. The number of ether oxygens (including phenoxy) is 3. The van der Waals surface area contributed by atoms with Crippen LogP contribution in [0.1, 0.15) is 72.1 Å². The Bertz CT molecular complexity index is 1890. The molecule has 266 valence electrons. The van der Waals surface area contributed by atoms with E-state index in [1.54, 1.807) is 6.07 Å². The van der Waals surface area contributed by atoms with E-state index in [9.17, 15) is 27.9 Å². The predicted molar refractivity (Wildman–Crippen MR) is 163 cm³/mol. The number of carbonyl (C=O) groups is 2. The summed E-state index contributed by atoms with van der Waals surface area (Å²) < 4.78 is 157. The molecule has 11 nitrogen and oxygen atoms in total. The number of halogens is 6. The van der Waals surface area contributed by atoms with Gasteiger partial charge in [-0.05, 0) is 52.1 Å². The molecular weight excluding hydrogens is 666 g/mol. The summed E-state index contributed by atoms with van der Waals surface area (Å²) >= 11 is 0. The van der Waals surface area contributed by atoms with Crippen LogP contribution in [0.15, 0.2) is 66.1 Å². The van der Waals surface area contributed by atoms with Crippen LogP contribution in [-0.2, 0) is 27.9 Å². The first kappa shape index (κ1) is 30.2. The number of rotatable bonds is 13. The molecule has 0 bridgehead atoms. The number of alkyl halides is 6. The summed E-state index contributed by atoms with van der Waals surface area (Å²) in [4.78, 5) is 28.7. The minimum Gasteiger partial charge on any atom is -0.474 e. The standard InChI is InChI=1S/C32H34F6N4O7/c1-7-9-16-30(32(36,37)38,46-18-20-14-11-10-12-15-20)26-41-40-25(48-26)23-22(42(27(43)44)28(45)49-29(4,5)6)17-21(31(33,34)35)24(39-23)47-19(3)13-8-2/h7-8,10-12,14-15,17,19H,1-2,9,13,16,18H2,3-6H3,(H,43,44)/t19?,30-/m1/s1/i3D3,13D2,19D. The summed E-state index contributed by atoms with van der Waals surface area (Å²) in [5, 5.41) is 17.0. The van der Waals surface area contributed by atoms with Gasteiger partial charge in [0.1, 0.15) is 17.2 Å². The Morgan fingerprint density at radius 2 is 1.80 bits per heavy atom. The summed E-state index contributed by atoms with van der Waals surface area (Å²) in [6.45, 7) is 5.66. The second-order valence-corrected chi connectivity index (χ2v) is 10.9. The first-order valence-electron chi connectivity index (χ1n) is 17.0. The Morgan fingerprint density at radius 3 is 2.33 bits per heavy atom. The Labute approximate surface area is 285 Å². The topological polar surface area (TPSA) is 137 Å². The van der Waals surface area contributed by atoms with Gasteiger partial charge in [0, 0.05) is 13.2 Å². The first-order valence-corrected chi connectivity index (χ1v) is 14.0. The van der Waals surface area contributed by atoms with Crippen molar-refractivity contribution in [1.82, 2.24) is 15.2 Å². The van der Waals surface area contributed by atoms with Crippen molar-refractivity contribution >= 4 is 17.9 Å². The number of allylic oxidation sites excluding steroid dienone is 1. The maximum Gasteiger partial charge on any atom is 0.426 e. The van der Waals surface area contributed by atoms with E-state index in [1.165, 1.54) is 45.0 Å². The molecule has 0 saturated carbocycles. The maximum atomic E-state index is 15.1. The predicted octanol–water partition coefficient (Wildman–Crippen LogP) is 8.85. The van der Waals surface area contributed by atoms with Crippen LogP contribution in [0.5, 0.6) is 5.88 Å². The largest absolute Gasteiger partial charge is 0.474 e. The van der Waals surface area contributed by atoms with Crippen molar-refractivity contribution in [1.29, 1.82) is 0 Å². The SMILES string of the molecule is [2H]C([2H])([2H])C([2H])(Oc1nc(-c2nnc([C@@](CCC=C)(OCc3ccccc3)C(F)(F)F)o2)c(N(C(=O)O)C(=O)OC(C)(C)C)cc1C(F)(F)F)C([2H])([2H])C=C. The molecular formula is C32H34F6N4O7. The normalized spacial score (nSPS) is 17.0. The quantitative estimate of drug-likeness (QED) is 0.136. The second kappa shape index (κ2) is 15.1. The molecule has 0 spiro atoms. The number of nitrogens with zero attached hydrogens (tertiary/aromatic N) is 4. The lowest BCUT2D eigenvalue weighted by atomic mass is 9.96. The Morgan fingerprint density at radius 1 is 1.12 bits per heavy atom. The highest BCUT2D eigenvalue weighted by Gasteiger charge is 2.61. The molecule has 0 aliphatic carbocycles. The molecule has 2 amide bonds. The summed E-state index contributed by atoms with van der Waals surface area (Å²) in [5.74, 6) is -4.60. The zero-order valence-electron chi connectivity index (χ0n) is 32.1. The van der Waals surface area contributed by atoms with Gasteiger partial charge in [-0.1, -0.05) is 42.5 Å². The molecule has 49 heavy (non-hydrogen) atoms. The van der Waals surface area contributed by atoms with E-state index in [2.05, 4.69) is 28.3 Å². The lowest BCUT2D eigenvalue weighted by Gasteiger charge is -2.32. The van der Waals surface area contributed by atoms with Crippen molar-refractivity contribution in [2.24, 2.45) is 0 Å². The number of imide groups is 1. The van der Waals surface area contributed by atoms with Crippen molar-refractivity contribution in [3.05, 3.63) is 78.7 Å². The molecule has 1 unspecified atom stereocenters. The molecule has 0 aliphatic rings. The van der Waals surface area contributed by atoms with Gasteiger partial charge in [-0.25, -0.2) is 14.6 Å². The van der Waals surface area contributed by atoms with Gasteiger partial charge in [-0.3, -0.25) is 0 Å². The van der Waals surface area contributed by atoms with Crippen LogP contribution in [0.25, 0.3) is 11.6 Å². The molecule has 3 aromatic rings. The third kappa shape index (κ3) is 9.37. The average molecular weight is 707 g/mol. The number of benzene rings is 1. The van der Waals surface area contributed by atoms with E-state index in [0.717, 1.165) is 6.08 Å². The second-order valence-electron chi connectivity index (χ2n) is 10.9. The van der Waals surface area contributed by atoms with Crippen molar-refractivity contribution in [3.63, 3.8) is 0 Å². The van der Waals surface area contributed by atoms with Gasteiger partial charge in [0.2, 0.25) is 11.5 Å². The van der Waals surface area contributed by atoms with Crippen LogP contribution in [0, 0.1) is 0 Å². The number of amides is 2. The molecule has 17 heteroatoms. The van der Waals surface area contributed by atoms with Crippen molar-refractivity contribution < 1.29 is 67.9 Å². The average Bonchev–Trinajstić information content (AvgIpc) is 3.53. The third-order valence-corrected chi connectivity index (χ3v) is 6.17. The van der Waals surface area contributed by atoms with Gasteiger partial charge >= 0.3 is 24.5 Å². The van der Waals surface area contributed by atoms with Gasteiger partial charge in [0.25, 0.3) is 11.8 Å². The zero-order valence-corrected chi connectivity index (χ0v) is 26.1. The van der Waals surface area contributed by atoms with Crippen LogP contribution in [0.3, 0.4) is 0 Å². The summed E-state index contributed by atoms with van der Waals surface area (Å²) in [5.41, 5.74) is -9.64. The van der Waals surface area contributed by atoms with E-state index in [-0.39, 0.29) is 24.1 Å². The van der Waals surface area contributed by atoms with Gasteiger partial charge in [0.15, 0.2) is 5.69 Å².